The first-order valence-corrected chi connectivity index (χ1v) is 12.1. The van der Waals surface area contributed by atoms with Gasteiger partial charge in [0.25, 0.3) is 0 Å². The van der Waals surface area contributed by atoms with Crippen molar-refractivity contribution in [3.05, 3.63) is 47.6 Å². The summed E-state index contributed by atoms with van der Waals surface area (Å²) < 4.78 is 26.5. The SMILES string of the molecule is CCN(CC)S(=O)(=O)c1ccc(NC(=O)CN2CCN(c3ccc(Cl)cn3)CC2)cc1. The third kappa shape index (κ3) is 5.94. The van der Waals surface area contributed by atoms with E-state index in [2.05, 4.69) is 20.1 Å². The van der Waals surface area contributed by atoms with E-state index in [1.165, 1.54) is 16.4 Å². The van der Waals surface area contributed by atoms with Crippen molar-refractivity contribution >= 4 is 39.0 Å². The number of anilines is 2. The number of sulfonamides is 1. The van der Waals surface area contributed by atoms with E-state index < -0.39 is 10.0 Å². The highest BCUT2D eigenvalue weighted by molar-refractivity contribution is 7.89. The second-order valence-electron chi connectivity index (χ2n) is 7.26. The lowest BCUT2D eigenvalue weighted by atomic mass is 10.3. The van der Waals surface area contributed by atoms with Gasteiger partial charge in [0.05, 0.1) is 16.5 Å². The van der Waals surface area contributed by atoms with E-state index in [0.29, 0.717) is 23.8 Å². The van der Waals surface area contributed by atoms with Gasteiger partial charge in [-0.3, -0.25) is 9.69 Å². The molecule has 0 saturated carbocycles. The molecular formula is C21H28ClN5O3S. The van der Waals surface area contributed by atoms with Gasteiger partial charge in [0.1, 0.15) is 5.82 Å². The fourth-order valence-corrected chi connectivity index (χ4v) is 5.09. The zero-order chi connectivity index (χ0) is 22.4. The van der Waals surface area contributed by atoms with Gasteiger partial charge in [0, 0.05) is 51.2 Å². The number of pyridine rings is 1. The number of halogens is 1. The van der Waals surface area contributed by atoms with Crippen molar-refractivity contribution in [1.29, 1.82) is 0 Å². The highest BCUT2D eigenvalue weighted by Crippen LogP contribution is 2.19. The van der Waals surface area contributed by atoms with Crippen LogP contribution in [-0.2, 0) is 14.8 Å². The van der Waals surface area contributed by atoms with Gasteiger partial charge in [0.2, 0.25) is 15.9 Å². The third-order valence-electron chi connectivity index (χ3n) is 5.26. The number of piperazine rings is 1. The van der Waals surface area contributed by atoms with Crippen molar-refractivity contribution in [1.82, 2.24) is 14.2 Å². The Bertz CT molecular complexity index is 971. The van der Waals surface area contributed by atoms with Crippen LogP contribution in [0, 0.1) is 0 Å². The number of hydrogen-bond acceptors (Lipinski definition) is 6. The minimum atomic E-state index is -3.50. The van der Waals surface area contributed by atoms with Gasteiger partial charge >= 0.3 is 0 Å². The summed E-state index contributed by atoms with van der Waals surface area (Å²) in [7, 11) is -3.50. The van der Waals surface area contributed by atoms with Crippen LogP contribution in [-0.4, -0.2) is 74.3 Å². The van der Waals surface area contributed by atoms with Gasteiger partial charge in [0.15, 0.2) is 0 Å². The van der Waals surface area contributed by atoms with Crippen molar-refractivity contribution in [2.75, 3.05) is 56.0 Å². The zero-order valence-electron chi connectivity index (χ0n) is 17.8. The second-order valence-corrected chi connectivity index (χ2v) is 9.63. The number of rotatable bonds is 8. The van der Waals surface area contributed by atoms with E-state index in [4.69, 9.17) is 11.6 Å². The van der Waals surface area contributed by atoms with Crippen LogP contribution in [0.15, 0.2) is 47.5 Å². The maximum absolute atomic E-state index is 12.6. The Balaban J connectivity index is 1.50. The average molecular weight is 466 g/mol. The maximum atomic E-state index is 12.6. The number of carbonyl (C=O) groups excluding carboxylic acids is 1. The number of nitrogens with zero attached hydrogens (tertiary/aromatic N) is 4. The summed E-state index contributed by atoms with van der Waals surface area (Å²) >= 11 is 5.89. The lowest BCUT2D eigenvalue weighted by molar-refractivity contribution is -0.117. The lowest BCUT2D eigenvalue weighted by Gasteiger charge is -2.35. The Labute approximate surface area is 188 Å². The van der Waals surface area contributed by atoms with Crippen LogP contribution in [0.5, 0.6) is 0 Å². The summed E-state index contributed by atoms with van der Waals surface area (Å²) in [6, 6.07) is 10.0. The van der Waals surface area contributed by atoms with Crippen molar-refractivity contribution in [3.8, 4) is 0 Å². The molecule has 1 aromatic carbocycles. The zero-order valence-corrected chi connectivity index (χ0v) is 19.4. The highest BCUT2D eigenvalue weighted by atomic mass is 35.5. The van der Waals surface area contributed by atoms with E-state index in [-0.39, 0.29) is 17.3 Å². The van der Waals surface area contributed by atoms with Crippen molar-refractivity contribution in [2.45, 2.75) is 18.7 Å². The molecule has 0 unspecified atom stereocenters. The molecule has 0 aliphatic carbocycles. The van der Waals surface area contributed by atoms with Crippen LogP contribution < -0.4 is 10.2 Å². The smallest absolute Gasteiger partial charge is 0.243 e. The topological polar surface area (TPSA) is 85.8 Å². The van der Waals surface area contributed by atoms with Gasteiger partial charge in [-0.05, 0) is 36.4 Å². The molecule has 8 nitrogen and oxygen atoms in total. The number of nitrogens with one attached hydrogen (secondary N) is 1. The summed E-state index contributed by atoms with van der Waals surface area (Å²) in [4.78, 5) is 21.2. The molecule has 1 aliphatic heterocycles. The van der Waals surface area contributed by atoms with Crippen LogP contribution in [0.4, 0.5) is 11.5 Å². The van der Waals surface area contributed by atoms with Gasteiger partial charge in [-0.1, -0.05) is 25.4 Å². The van der Waals surface area contributed by atoms with Gasteiger partial charge in [-0.2, -0.15) is 4.31 Å². The fraction of sp³-hybridized carbons (Fsp3) is 0.429. The molecule has 1 aliphatic rings. The van der Waals surface area contributed by atoms with E-state index in [0.717, 1.165) is 32.0 Å². The molecule has 3 rings (SSSR count). The molecule has 31 heavy (non-hydrogen) atoms. The van der Waals surface area contributed by atoms with Crippen LogP contribution in [0.2, 0.25) is 5.02 Å². The first-order chi connectivity index (χ1) is 14.8. The molecule has 168 valence electrons. The molecule has 1 saturated heterocycles. The van der Waals surface area contributed by atoms with Crippen molar-refractivity contribution in [2.24, 2.45) is 0 Å². The van der Waals surface area contributed by atoms with Gasteiger partial charge in [-0.25, -0.2) is 13.4 Å². The molecule has 0 atom stereocenters. The van der Waals surface area contributed by atoms with Crippen LogP contribution in [0.25, 0.3) is 0 Å². The minimum absolute atomic E-state index is 0.127. The van der Waals surface area contributed by atoms with E-state index in [1.807, 2.05) is 12.1 Å². The summed E-state index contributed by atoms with van der Waals surface area (Å²) in [6.45, 7) is 7.78. The Morgan fingerprint density at radius 1 is 1.06 bits per heavy atom. The molecule has 1 fully saturated rings. The second kappa shape index (κ2) is 10.4. The summed E-state index contributed by atoms with van der Waals surface area (Å²) in [5.41, 5.74) is 0.576. The summed E-state index contributed by atoms with van der Waals surface area (Å²) in [5.74, 6) is 0.755. The number of amides is 1. The Morgan fingerprint density at radius 3 is 2.26 bits per heavy atom. The normalized spacial score (nSPS) is 15.3. The molecule has 0 radical (unpaired) electrons. The van der Waals surface area contributed by atoms with Crippen LogP contribution in [0.3, 0.4) is 0 Å². The molecule has 1 amide bonds. The molecule has 2 heterocycles. The van der Waals surface area contributed by atoms with Crippen molar-refractivity contribution in [3.63, 3.8) is 0 Å². The molecule has 10 heteroatoms. The predicted octanol–water partition coefficient (Wildman–Crippen LogP) is 2.53. The summed E-state index contributed by atoms with van der Waals surface area (Å²) in [6.07, 6.45) is 1.63. The van der Waals surface area contributed by atoms with E-state index in [9.17, 15) is 13.2 Å². The number of hydrogen-bond donors (Lipinski definition) is 1. The minimum Gasteiger partial charge on any atom is -0.354 e. The quantitative estimate of drug-likeness (QED) is 0.644. The fourth-order valence-electron chi connectivity index (χ4n) is 3.52. The summed E-state index contributed by atoms with van der Waals surface area (Å²) in [5, 5.41) is 3.45. The molecule has 0 spiro atoms. The Hall–Kier alpha value is -2.20. The number of aromatic nitrogens is 1. The van der Waals surface area contributed by atoms with Crippen molar-refractivity contribution < 1.29 is 13.2 Å². The standard InChI is InChI=1S/C21H28ClN5O3S/c1-3-27(4-2)31(29,30)19-8-6-18(7-9-19)24-21(28)16-25-11-13-26(14-12-25)20-10-5-17(22)15-23-20/h5-10,15H,3-4,11-14,16H2,1-2H3,(H,24,28). The maximum Gasteiger partial charge on any atom is 0.243 e. The van der Waals surface area contributed by atoms with Gasteiger partial charge in [-0.15, -0.1) is 0 Å². The van der Waals surface area contributed by atoms with Gasteiger partial charge < -0.3 is 10.2 Å². The molecule has 1 aromatic heterocycles. The molecular weight excluding hydrogens is 438 g/mol. The average Bonchev–Trinajstić information content (AvgIpc) is 2.76. The Morgan fingerprint density at radius 2 is 1.71 bits per heavy atom. The predicted molar refractivity (Wildman–Crippen MR) is 123 cm³/mol. The first kappa shape index (κ1) is 23.5. The third-order valence-corrected chi connectivity index (χ3v) is 7.54. The van der Waals surface area contributed by atoms with E-state index in [1.54, 1.807) is 32.2 Å². The Kier molecular flexibility index (Phi) is 7.88. The highest BCUT2D eigenvalue weighted by Gasteiger charge is 2.22. The monoisotopic (exact) mass is 465 g/mol. The van der Waals surface area contributed by atoms with E-state index >= 15 is 0 Å². The number of benzene rings is 1. The van der Waals surface area contributed by atoms with Crippen LogP contribution in [0.1, 0.15) is 13.8 Å². The molecule has 2 aromatic rings. The molecule has 1 N–H and O–H groups in total. The lowest BCUT2D eigenvalue weighted by Crippen LogP contribution is -2.48. The molecule has 0 bridgehead atoms. The number of carbonyl (C=O) groups is 1. The van der Waals surface area contributed by atoms with Crippen LogP contribution >= 0.6 is 11.6 Å². The largest absolute Gasteiger partial charge is 0.354 e. The first-order valence-electron chi connectivity index (χ1n) is 10.3.